The Morgan fingerprint density at radius 2 is 0.789 bits per heavy atom. The lowest BCUT2D eigenvalue weighted by Gasteiger charge is -2.29. The van der Waals surface area contributed by atoms with Crippen molar-refractivity contribution in [2.75, 3.05) is 40.9 Å². The van der Waals surface area contributed by atoms with Gasteiger partial charge in [-0.05, 0) is 70.6 Å². The number of hydrogen-bond acceptors (Lipinski definition) is 6. The molecule has 0 spiro atoms. The maximum Gasteiger partial charge on any atom is 0.268 e. The van der Waals surface area contributed by atoms with E-state index in [9.17, 15) is 19.4 Å². The number of amides is 1. The highest BCUT2D eigenvalue weighted by molar-refractivity contribution is 7.45. The van der Waals surface area contributed by atoms with Crippen molar-refractivity contribution in [3.05, 3.63) is 48.6 Å². The molecule has 0 saturated carbocycles. The molecule has 0 radical (unpaired) electrons. The van der Waals surface area contributed by atoms with Crippen molar-refractivity contribution in [1.29, 1.82) is 0 Å². The van der Waals surface area contributed by atoms with Gasteiger partial charge < -0.3 is 28.8 Å². The Labute approximate surface area is 441 Å². The minimum absolute atomic E-state index is 0.00869. The van der Waals surface area contributed by atoms with E-state index in [-0.39, 0.29) is 12.5 Å². The first-order chi connectivity index (χ1) is 34.5. The van der Waals surface area contributed by atoms with Crippen LogP contribution in [0.3, 0.4) is 0 Å². The average Bonchev–Trinajstić information content (AvgIpc) is 3.33. The van der Waals surface area contributed by atoms with Crippen LogP contribution in [0, 0.1) is 0 Å². The standard InChI is InChI=1S/C62H119N2O6P/c1-6-8-10-12-14-16-18-20-22-24-26-28-30-31-32-33-34-36-38-40-42-44-46-48-50-52-54-56-62(66)63-60(59-70-71(67,68)69-58-57-64(3,4)5)61(65)55-53-51-49-47-45-43-41-39-37-35-29-27-25-23-21-19-17-15-13-11-9-7-2/h24,26,37,39,45,47,53,55,60-61,65H,6-23,25,27-36,38,40-44,46,48-52,54,56-59H2,1-5H3,(H-,63,66,67,68)/b26-24-,39-37+,47-45+,55-53+. The number of nitrogens with zero attached hydrogens (tertiary/aromatic N) is 1. The van der Waals surface area contributed by atoms with E-state index in [1.165, 1.54) is 225 Å². The number of phosphoric ester groups is 1. The smallest absolute Gasteiger partial charge is 0.268 e. The van der Waals surface area contributed by atoms with Crippen molar-refractivity contribution in [1.82, 2.24) is 5.32 Å². The molecule has 0 rings (SSSR count). The second-order valence-corrected chi connectivity index (χ2v) is 23.4. The molecule has 3 atom stereocenters. The number of likely N-dealkylation sites (N-methyl/N-ethyl adjacent to an activating group) is 1. The highest BCUT2D eigenvalue weighted by Gasteiger charge is 2.23. The molecule has 1 amide bonds. The average molecular weight is 1020 g/mol. The Hall–Kier alpha value is -1.54. The number of unbranched alkanes of at least 4 members (excludes halogenated alkanes) is 37. The first-order valence-corrected chi connectivity index (χ1v) is 32.0. The summed E-state index contributed by atoms with van der Waals surface area (Å²) in [6.07, 6.45) is 70.6. The third-order valence-corrected chi connectivity index (χ3v) is 14.7. The molecule has 0 aromatic rings. The summed E-state index contributed by atoms with van der Waals surface area (Å²) in [5.41, 5.74) is 0. The van der Waals surface area contributed by atoms with Crippen LogP contribution >= 0.6 is 7.82 Å². The molecule has 0 aliphatic rings. The van der Waals surface area contributed by atoms with Crippen LogP contribution in [0.5, 0.6) is 0 Å². The number of aliphatic hydroxyl groups excluding tert-OH is 1. The predicted molar refractivity (Wildman–Crippen MR) is 307 cm³/mol. The highest BCUT2D eigenvalue weighted by Crippen LogP contribution is 2.38. The molecule has 0 heterocycles. The molecule has 71 heavy (non-hydrogen) atoms. The van der Waals surface area contributed by atoms with Crippen LogP contribution < -0.4 is 10.2 Å². The van der Waals surface area contributed by atoms with Gasteiger partial charge in [0.1, 0.15) is 13.2 Å². The number of carbonyl (C=O) groups is 1. The van der Waals surface area contributed by atoms with Gasteiger partial charge in [-0.25, -0.2) is 0 Å². The maximum atomic E-state index is 13.0. The topological polar surface area (TPSA) is 108 Å². The van der Waals surface area contributed by atoms with Crippen LogP contribution in [0.15, 0.2) is 48.6 Å². The SMILES string of the molecule is CCCCCCCCCC/C=C\CCCCCCCCCCCCCCCCCC(=O)NC(COP(=O)([O-])OCC[N+](C)(C)C)C(O)/C=C/CC/C=C/CC/C=C/CCCCCCCCCCCCCC. The fraction of sp³-hybridized carbons (Fsp3) is 0.855. The molecule has 2 N–H and O–H groups in total. The van der Waals surface area contributed by atoms with E-state index in [1.807, 2.05) is 27.2 Å². The summed E-state index contributed by atoms with van der Waals surface area (Å²) in [7, 11) is 1.24. The van der Waals surface area contributed by atoms with E-state index < -0.39 is 26.6 Å². The normalized spacial score (nSPS) is 14.2. The maximum absolute atomic E-state index is 13.0. The summed E-state index contributed by atoms with van der Waals surface area (Å²) in [6, 6.07) is -0.910. The number of phosphoric acid groups is 1. The summed E-state index contributed by atoms with van der Waals surface area (Å²) in [4.78, 5) is 25.5. The number of carbonyl (C=O) groups excluding carboxylic acids is 1. The van der Waals surface area contributed by atoms with Crippen LogP contribution in [-0.4, -0.2) is 68.5 Å². The predicted octanol–water partition coefficient (Wildman–Crippen LogP) is 18.1. The van der Waals surface area contributed by atoms with Crippen LogP contribution in [0.4, 0.5) is 0 Å². The monoisotopic (exact) mass is 1020 g/mol. The van der Waals surface area contributed by atoms with Crippen LogP contribution in [0.1, 0.15) is 290 Å². The molecular formula is C62H119N2O6P. The van der Waals surface area contributed by atoms with Gasteiger partial charge in [-0.2, -0.15) is 0 Å². The number of quaternary nitrogens is 1. The van der Waals surface area contributed by atoms with E-state index in [2.05, 4.69) is 55.6 Å². The molecule has 0 aromatic carbocycles. The molecule has 3 unspecified atom stereocenters. The van der Waals surface area contributed by atoms with Crippen LogP contribution in [0.25, 0.3) is 0 Å². The van der Waals surface area contributed by atoms with Gasteiger partial charge in [0, 0.05) is 6.42 Å². The Bertz CT molecular complexity index is 1290. The lowest BCUT2D eigenvalue weighted by molar-refractivity contribution is -0.870. The number of aliphatic hydroxyl groups is 1. The summed E-state index contributed by atoms with van der Waals surface area (Å²) in [6.45, 7) is 4.65. The third kappa shape index (κ3) is 56.0. The van der Waals surface area contributed by atoms with Crippen molar-refractivity contribution >= 4 is 13.7 Å². The molecule has 0 aromatic heterocycles. The molecule has 8 nitrogen and oxygen atoms in total. The quantitative estimate of drug-likeness (QED) is 0.0272. The van der Waals surface area contributed by atoms with Gasteiger partial charge in [0.25, 0.3) is 7.82 Å². The lowest BCUT2D eigenvalue weighted by Crippen LogP contribution is -2.45. The highest BCUT2D eigenvalue weighted by atomic mass is 31.2. The fourth-order valence-electron chi connectivity index (χ4n) is 8.95. The minimum atomic E-state index is -4.61. The Kier molecular flexibility index (Phi) is 52.1. The zero-order chi connectivity index (χ0) is 52.0. The van der Waals surface area contributed by atoms with E-state index in [4.69, 9.17) is 9.05 Å². The van der Waals surface area contributed by atoms with Crippen molar-refractivity contribution in [2.24, 2.45) is 0 Å². The summed E-state index contributed by atoms with van der Waals surface area (Å²) >= 11 is 0. The van der Waals surface area contributed by atoms with Crippen molar-refractivity contribution < 1.29 is 32.9 Å². The Morgan fingerprint density at radius 3 is 1.14 bits per heavy atom. The third-order valence-electron chi connectivity index (χ3n) is 13.7. The second-order valence-electron chi connectivity index (χ2n) is 22.0. The zero-order valence-corrected chi connectivity index (χ0v) is 48.6. The molecule has 9 heteroatoms. The second kappa shape index (κ2) is 53.3. The molecule has 0 aliphatic heterocycles. The van der Waals surface area contributed by atoms with Crippen LogP contribution in [0.2, 0.25) is 0 Å². The van der Waals surface area contributed by atoms with Crippen molar-refractivity contribution in [3.63, 3.8) is 0 Å². The summed E-state index contributed by atoms with van der Waals surface area (Å²) < 4.78 is 23.4. The Balaban J connectivity index is 4.21. The molecule has 418 valence electrons. The summed E-state index contributed by atoms with van der Waals surface area (Å²) in [5, 5.41) is 13.9. The summed E-state index contributed by atoms with van der Waals surface area (Å²) in [5.74, 6) is -0.208. The van der Waals surface area contributed by atoms with Gasteiger partial charge in [0.15, 0.2) is 0 Å². The van der Waals surface area contributed by atoms with Crippen molar-refractivity contribution in [2.45, 2.75) is 302 Å². The van der Waals surface area contributed by atoms with E-state index in [0.717, 1.165) is 44.9 Å². The fourth-order valence-corrected chi connectivity index (χ4v) is 9.67. The van der Waals surface area contributed by atoms with E-state index in [1.54, 1.807) is 6.08 Å². The molecule has 0 fully saturated rings. The van der Waals surface area contributed by atoms with E-state index >= 15 is 0 Å². The number of hydrogen-bond donors (Lipinski definition) is 2. The van der Waals surface area contributed by atoms with Gasteiger partial charge in [-0.1, -0.05) is 262 Å². The number of rotatable bonds is 56. The zero-order valence-electron chi connectivity index (χ0n) is 47.7. The molecular weight excluding hydrogens is 900 g/mol. The van der Waals surface area contributed by atoms with Crippen molar-refractivity contribution in [3.8, 4) is 0 Å². The minimum Gasteiger partial charge on any atom is -0.756 e. The van der Waals surface area contributed by atoms with Crippen LogP contribution in [-0.2, 0) is 18.4 Å². The number of nitrogens with one attached hydrogen (secondary N) is 1. The molecule has 0 bridgehead atoms. The number of allylic oxidation sites excluding steroid dienone is 7. The van der Waals surface area contributed by atoms with Gasteiger partial charge in [0.05, 0.1) is 39.9 Å². The first kappa shape index (κ1) is 69.5. The molecule has 0 aliphatic carbocycles. The van der Waals surface area contributed by atoms with E-state index in [0.29, 0.717) is 17.4 Å². The van der Waals surface area contributed by atoms with Gasteiger partial charge in [-0.15, -0.1) is 0 Å². The largest absolute Gasteiger partial charge is 0.756 e. The Morgan fingerprint density at radius 1 is 0.479 bits per heavy atom. The molecule has 0 saturated heterocycles. The lowest BCUT2D eigenvalue weighted by atomic mass is 10.0. The van der Waals surface area contributed by atoms with Gasteiger partial charge in [0.2, 0.25) is 5.91 Å². The first-order valence-electron chi connectivity index (χ1n) is 30.5. The van der Waals surface area contributed by atoms with Gasteiger partial charge in [-0.3, -0.25) is 9.36 Å². The van der Waals surface area contributed by atoms with Gasteiger partial charge >= 0.3 is 0 Å².